The third-order valence-electron chi connectivity index (χ3n) is 3.54. The Bertz CT molecular complexity index is 552. The lowest BCUT2D eigenvalue weighted by molar-refractivity contribution is 0.479. The van der Waals surface area contributed by atoms with Crippen molar-refractivity contribution >= 4 is 34.7 Å². The van der Waals surface area contributed by atoms with Gasteiger partial charge in [-0.3, -0.25) is 0 Å². The lowest BCUT2D eigenvalue weighted by Crippen LogP contribution is -2.35. The van der Waals surface area contributed by atoms with Gasteiger partial charge in [0.15, 0.2) is 0 Å². The predicted molar refractivity (Wildman–Crippen MR) is 82.9 cm³/mol. The second-order valence-corrected chi connectivity index (χ2v) is 4.77. The number of rotatable bonds is 2. The summed E-state index contributed by atoms with van der Waals surface area (Å²) in [4.78, 5) is 4.14. The summed E-state index contributed by atoms with van der Waals surface area (Å²) in [5.41, 5.74) is 7.07. The van der Waals surface area contributed by atoms with E-state index in [1.165, 1.54) is 0 Å². The molecule has 19 heavy (non-hydrogen) atoms. The smallest absolute Gasteiger partial charge is 0.131 e. The fourth-order valence-electron chi connectivity index (χ4n) is 2.54. The molecule has 4 N–H and O–H groups in total. The number of hydrogen-bond acceptors (Lipinski definition) is 4. The van der Waals surface area contributed by atoms with E-state index < -0.39 is 0 Å². The minimum absolute atomic E-state index is 0. The Balaban J connectivity index is 0.00000133. The number of nitrogens with two attached hydrogens (primary N) is 1. The molecule has 5 heteroatoms. The largest absolute Gasteiger partial charge is 0.383 e. The van der Waals surface area contributed by atoms with Gasteiger partial charge in [-0.1, -0.05) is 12.1 Å². The zero-order valence-electron chi connectivity index (χ0n) is 10.7. The molecule has 0 radical (unpaired) electrons. The number of nitrogens with zero attached hydrogens (tertiary/aromatic N) is 1. The maximum atomic E-state index is 5.91. The van der Waals surface area contributed by atoms with E-state index in [4.69, 9.17) is 5.73 Å². The molecule has 0 unspecified atom stereocenters. The van der Waals surface area contributed by atoms with Crippen LogP contribution in [-0.2, 0) is 0 Å². The number of anilines is 2. The van der Waals surface area contributed by atoms with Crippen molar-refractivity contribution in [2.75, 3.05) is 24.1 Å². The average Bonchev–Trinajstić information content (AvgIpc) is 2.41. The fourth-order valence-corrected chi connectivity index (χ4v) is 2.54. The van der Waals surface area contributed by atoms with Crippen LogP contribution in [0.4, 0.5) is 11.5 Å². The second kappa shape index (κ2) is 6.08. The number of pyridine rings is 1. The van der Waals surface area contributed by atoms with Gasteiger partial charge in [-0.2, -0.15) is 0 Å². The van der Waals surface area contributed by atoms with Crippen molar-refractivity contribution in [1.82, 2.24) is 10.3 Å². The van der Waals surface area contributed by atoms with Gasteiger partial charge in [-0.05, 0) is 38.1 Å². The highest BCUT2D eigenvalue weighted by Crippen LogP contribution is 2.27. The monoisotopic (exact) mass is 278 g/mol. The zero-order valence-corrected chi connectivity index (χ0v) is 11.5. The Hall–Kier alpha value is -1.52. The molecule has 4 nitrogen and oxygen atoms in total. The fraction of sp³-hybridized carbons (Fsp3) is 0.357. The first kappa shape index (κ1) is 13.9. The van der Waals surface area contributed by atoms with E-state index in [0.29, 0.717) is 11.9 Å². The van der Waals surface area contributed by atoms with Crippen LogP contribution in [0.2, 0.25) is 0 Å². The summed E-state index contributed by atoms with van der Waals surface area (Å²) in [6, 6.07) is 8.74. The van der Waals surface area contributed by atoms with E-state index >= 15 is 0 Å². The van der Waals surface area contributed by atoms with E-state index in [-0.39, 0.29) is 12.4 Å². The third-order valence-corrected chi connectivity index (χ3v) is 3.54. The van der Waals surface area contributed by atoms with Crippen LogP contribution in [0.15, 0.2) is 30.5 Å². The van der Waals surface area contributed by atoms with Crippen molar-refractivity contribution in [2.24, 2.45) is 0 Å². The molecule has 3 rings (SSSR count). The van der Waals surface area contributed by atoms with Crippen molar-refractivity contribution in [2.45, 2.75) is 18.9 Å². The Morgan fingerprint density at radius 2 is 1.95 bits per heavy atom. The van der Waals surface area contributed by atoms with Gasteiger partial charge in [0, 0.05) is 28.7 Å². The number of benzene rings is 1. The molecular weight excluding hydrogens is 260 g/mol. The molecule has 0 spiro atoms. The van der Waals surface area contributed by atoms with Gasteiger partial charge in [0.05, 0.1) is 0 Å². The molecule has 0 bridgehead atoms. The van der Waals surface area contributed by atoms with Crippen molar-refractivity contribution < 1.29 is 0 Å². The van der Waals surface area contributed by atoms with E-state index in [1.54, 1.807) is 6.20 Å². The minimum Gasteiger partial charge on any atom is -0.383 e. The number of hydrogen-bond donors (Lipinski definition) is 3. The topological polar surface area (TPSA) is 63.0 Å². The number of piperidine rings is 1. The lowest BCUT2D eigenvalue weighted by atomic mass is 10.0. The van der Waals surface area contributed by atoms with E-state index in [1.807, 2.05) is 18.2 Å². The van der Waals surface area contributed by atoms with Gasteiger partial charge in [-0.25, -0.2) is 4.98 Å². The summed E-state index contributed by atoms with van der Waals surface area (Å²) < 4.78 is 0. The van der Waals surface area contributed by atoms with Crippen LogP contribution in [0.25, 0.3) is 10.8 Å². The molecule has 1 fully saturated rings. The van der Waals surface area contributed by atoms with Crippen LogP contribution in [0.3, 0.4) is 0 Å². The second-order valence-electron chi connectivity index (χ2n) is 4.77. The number of halogens is 1. The maximum Gasteiger partial charge on any atom is 0.131 e. The van der Waals surface area contributed by atoms with Gasteiger partial charge in [-0.15, -0.1) is 12.4 Å². The van der Waals surface area contributed by atoms with Crippen LogP contribution in [0.5, 0.6) is 0 Å². The van der Waals surface area contributed by atoms with Crippen LogP contribution in [0, 0.1) is 0 Å². The molecule has 1 saturated heterocycles. The summed E-state index contributed by atoms with van der Waals surface area (Å²) in [5, 5.41) is 9.19. The first-order valence-corrected chi connectivity index (χ1v) is 6.45. The van der Waals surface area contributed by atoms with E-state index in [9.17, 15) is 0 Å². The molecule has 102 valence electrons. The molecule has 1 aliphatic heterocycles. The average molecular weight is 279 g/mol. The molecule has 2 heterocycles. The highest BCUT2D eigenvalue weighted by molar-refractivity contribution is 5.99. The molecule has 1 aromatic carbocycles. The van der Waals surface area contributed by atoms with Crippen molar-refractivity contribution in [3.63, 3.8) is 0 Å². The predicted octanol–water partition coefficient (Wildman–Crippen LogP) is 2.40. The summed E-state index contributed by atoms with van der Waals surface area (Å²) in [7, 11) is 0. The minimum atomic E-state index is 0. The normalized spacial score (nSPS) is 16.0. The van der Waals surface area contributed by atoms with Crippen molar-refractivity contribution in [1.29, 1.82) is 0 Å². The Kier molecular flexibility index (Phi) is 4.45. The van der Waals surface area contributed by atoms with Crippen LogP contribution < -0.4 is 16.4 Å². The third kappa shape index (κ3) is 2.91. The van der Waals surface area contributed by atoms with Crippen LogP contribution in [-0.4, -0.2) is 24.1 Å². The van der Waals surface area contributed by atoms with Crippen LogP contribution in [0.1, 0.15) is 12.8 Å². The Morgan fingerprint density at radius 1 is 1.16 bits per heavy atom. The first-order chi connectivity index (χ1) is 8.84. The Morgan fingerprint density at radius 3 is 2.74 bits per heavy atom. The maximum absolute atomic E-state index is 5.91. The summed E-state index contributed by atoms with van der Waals surface area (Å²) >= 11 is 0. The van der Waals surface area contributed by atoms with Crippen molar-refractivity contribution in [3.8, 4) is 0 Å². The van der Waals surface area contributed by atoms with Gasteiger partial charge in [0.2, 0.25) is 0 Å². The molecule has 1 aromatic heterocycles. The van der Waals surface area contributed by atoms with Gasteiger partial charge in [0.1, 0.15) is 5.82 Å². The quantitative estimate of drug-likeness (QED) is 0.789. The first-order valence-electron chi connectivity index (χ1n) is 6.45. The van der Waals surface area contributed by atoms with Gasteiger partial charge in [0.25, 0.3) is 0 Å². The highest BCUT2D eigenvalue weighted by Gasteiger charge is 2.13. The van der Waals surface area contributed by atoms with E-state index in [2.05, 4.69) is 21.7 Å². The summed E-state index contributed by atoms with van der Waals surface area (Å²) in [5.74, 6) is 0.599. The number of nitrogen functional groups attached to an aromatic ring is 1. The standard InChI is InChI=1S/C14H18N4.ClH/c15-14-12-2-1-3-13(11(12)6-9-17-14)18-10-4-7-16-8-5-10;/h1-3,6,9-10,16,18H,4-5,7-8H2,(H2,15,17);1H. The van der Waals surface area contributed by atoms with Crippen molar-refractivity contribution in [3.05, 3.63) is 30.5 Å². The lowest BCUT2D eigenvalue weighted by Gasteiger charge is -2.25. The number of aromatic nitrogens is 1. The van der Waals surface area contributed by atoms with Gasteiger partial charge >= 0.3 is 0 Å². The number of nitrogens with one attached hydrogen (secondary N) is 2. The summed E-state index contributed by atoms with van der Waals surface area (Å²) in [6.45, 7) is 2.18. The van der Waals surface area contributed by atoms with Gasteiger partial charge < -0.3 is 16.4 Å². The number of fused-ring (bicyclic) bond motifs is 1. The SMILES string of the molecule is Cl.Nc1nccc2c(NC3CCNCC3)cccc12. The molecule has 0 aliphatic carbocycles. The molecular formula is C14H19ClN4. The molecule has 0 amide bonds. The summed E-state index contributed by atoms with van der Waals surface area (Å²) in [6.07, 6.45) is 4.10. The molecule has 0 saturated carbocycles. The van der Waals surface area contributed by atoms with Crippen LogP contribution >= 0.6 is 12.4 Å². The Labute approximate surface area is 119 Å². The van der Waals surface area contributed by atoms with E-state index in [0.717, 1.165) is 42.4 Å². The zero-order chi connectivity index (χ0) is 12.4. The molecule has 0 atom stereocenters. The highest BCUT2D eigenvalue weighted by atomic mass is 35.5. The molecule has 1 aliphatic rings. The molecule has 2 aromatic rings.